The molecule has 8 heteroatoms. The molecule has 170 valence electrons. The maximum absolute atomic E-state index is 13.1. The largest absolute Gasteiger partial charge is 0.346 e. The molecule has 1 aromatic heterocycles. The molecule has 1 aliphatic heterocycles. The van der Waals surface area contributed by atoms with Crippen LogP contribution in [0.2, 0.25) is 0 Å². The number of hydrogen-bond donors (Lipinski definition) is 0. The fourth-order valence-corrected chi connectivity index (χ4v) is 5.79. The van der Waals surface area contributed by atoms with Crippen LogP contribution in [0.4, 0.5) is 0 Å². The zero-order chi connectivity index (χ0) is 22.7. The average Bonchev–Trinajstić information content (AvgIpc) is 3.14. The van der Waals surface area contributed by atoms with Gasteiger partial charge in [0.1, 0.15) is 5.82 Å². The monoisotopic (exact) mass is 454 g/mol. The van der Waals surface area contributed by atoms with Gasteiger partial charge in [0.05, 0.1) is 11.4 Å². The Labute approximate surface area is 189 Å². The van der Waals surface area contributed by atoms with E-state index in [1.165, 1.54) is 4.68 Å². The third-order valence-corrected chi connectivity index (χ3v) is 8.14. The van der Waals surface area contributed by atoms with Crippen molar-refractivity contribution in [1.29, 1.82) is 0 Å². The third kappa shape index (κ3) is 4.42. The second kappa shape index (κ2) is 9.42. The van der Waals surface area contributed by atoms with E-state index >= 15 is 0 Å². The highest BCUT2D eigenvalue weighted by Gasteiger charge is 2.32. The van der Waals surface area contributed by atoms with Gasteiger partial charge in [-0.1, -0.05) is 49.4 Å². The van der Waals surface area contributed by atoms with E-state index in [-0.39, 0.29) is 11.6 Å². The molecule has 0 radical (unpaired) electrons. The Balaban J connectivity index is 1.50. The Bertz CT molecular complexity index is 1210. The van der Waals surface area contributed by atoms with Crippen LogP contribution in [0, 0.1) is 0 Å². The lowest BCUT2D eigenvalue weighted by atomic mass is 9.97. The molecule has 0 bridgehead atoms. The van der Waals surface area contributed by atoms with Crippen molar-refractivity contribution in [3.63, 3.8) is 0 Å². The smallest absolute Gasteiger partial charge is 0.279 e. The van der Waals surface area contributed by atoms with Crippen LogP contribution in [0.5, 0.6) is 0 Å². The maximum atomic E-state index is 13.1. The van der Waals surface area contributed by atoms with E-state index in [9.17, 15) is 13.2 Å². The number of nitrogens with zero attached hydrogens (tertiary/aromatic N) is 4. The maximum Gasteiger partial charge on any atom is 0.346 e. The van der Waals surface area contributed by atoms with E-state index in [0.29, 0.717) is 43.9 Å². The molecule has 1 fully saturated rings. The number of aryl methyl sites for hydroxylation is 1. The van der Waals surface area contributed by atoms with Gasteiger partial charge >= 0.3 is 5.69 Å². The molecule has 1 saturated heterocycles. The third-order valence-electron chi connectivity index (χ3n) is 6.23. The molecule has 4 rings (SSSR count). The van der Waals surface area contributed by atoms with Gasteiger partial charge in [-0.15, -0.1) is 0 Å². The average molecular weight is 455 g/mol. The van der Waals surface area contributed by atoms with Crippen LogP contribution in [0.3, 0.4) is 0 Å². The molecule has 2 heterocycles. The highest BCUT2D eigenvalue weighted by Crippen LogP contribution is 2.29. The van der Waals surface area contributed by atoms with Crippen LogP contribution in [-0.4, -0.2) is 40.2 Å². The first-order valence-corrected chi connectivity index (χ1v) is 12.7. The molecule has 0 aliphatic carbocycles. The van der Waals surface area contributed by atoms with Crippen molar-refractivity contribution in [2.75, 3.05) is 13.1 Å². The topological polar surface area (TPSA) is 77.2 Å². The molecule has 3 aromatic rings. The van der Waals surface area contributed by atoms with Gasteiger partial charge in [-0.3, -0.25) is 4.57 Å². The van der Waals surface area contributed by atoms with Crippen molar-refractivity contribution in [1.82, 2.24) is 18.7 Å². The van der Waals surface area contributed by atoms with E-state index in [0.717, 1.165) is 23.4 Å². The van der Waals surface area contributed by atoms with Gasteiger partial charge in [0.15, 0.2) is 0 Å². The summed E-state index contributed by atoms with van der Waals surface area (Å²) in [7, 11) is -3.51. The Hall–Kier alpha value is -2.71. The summed E-state index contributed by atoms with van der Waals surface area (Å²) in [4.78, 5) is 13.2. The lowest BCUT2D eigenvalue weighted by Gasteiger charge is -2.30. The summed E-state index contributed by atoms with van der Waals surface area (Å²) in [5.74, 6) is 0.825. The Morgan fingerprint density at radius 2 is 1.59 bits per heavy atom. The standard InChI is InChI=1S/C24H30N4O3S/c1-3-19-10-12-22(13-11-19)32(30,31)26-16-14-21(15-17-26)23-25-28(24(29)27(23)4-2)18-20-8-6-5-7-9-20/h5-13,21H,3-4,14-18H2,1-2H3. The van der Waals surface area contributed by atoms with Crippen LogP contribution in [0.25, 0.3) is 0 Å². The molecule has 0 unspecified atom stereocenters. The number of hydrogen-bond acceptors (Lipinski definition) is 4. The summed E-state index contributed by atoms with van der Waals surface area (Å²) in [5, 5.41) is 4.66. The van der Waals surface area contributed by atoms with E-state index in [4.69, 9.17) is 0 Å². The first-order chi connectivity index (χ1) is 15.4. The summed E-state index contributed by atoms with van der Waals surface area (Å²) in [5.41, 5.74) is 2.03. The number of rotatable bonds is 7. The summed E-state index contributed by atoms with van der Waals surface area (Å²) >= 11 is 0. The quantitative estimate of drug-likeness (QED) is 0.549. The minimum absolute atomic E-state index is 0.0635. The van der Waals surface area contributed by atoms with Crippen molar-refractivity contribution in [2.24, 2.45) is 0 Å². The number of sulfonamides is 1. The molecule has 0 amide bonds. The van der Waals surface area contributed by atoms with Crippen molar-refractivity contribution >= 4 is 10.0 Å². The van der Waals surface area contributed by atoms with Crippen molar-refractivity contribution in [2.45, 2.75) is 57.0 Å². The second-order valence-corrected chi connectivity index (χ2v) is 10.1. The van der Waals surface area contributed by atoms with Crippen LogP contribution in [0.1, 0.15) is 49.6 Å². The zero-order valence-electron chi connectivity index (χ0n) is 18.6. The summed E-state index contributed by atoms with van der Waals surface area (Å²) in [6.07, 6.45) is 2.17. The lowest BCUT2D eigenvalue weighted by Crippen LogP contribution is -2.38. The van der Waals surface area contributed by atoms with Crippen LogP contribution < -0.4 is 5.69 Å². The Morgan fingerprint density at radius 3 is 2.19 bits per heavy atom. The molecule has 1 aliphatic rings. The van der Waals surface area contributed by atoms with E-state index in [2.05, 4.69) is 5.10 Å². The van der Waals surface area contributed by atoms with E-state index in [1.807, 2.05) is 56.3 Å². The summed E-state index contributed by atoms with van der Waals surface area (Å²) < 4.78 is 30.9. The first-order valence-electron chi connectivity index (χ1n) is 11.2. The van der Waals surface area contributed by atoms with Gasteiger partial charge in [0.25, 0.3) is 0 Å². The second-order valence-electron chi connectivity index (χ2n) is 8.20. The van der Waals surface area contributed by atoms with Crippen molar-refractivity contribution in [3.05, 3.63) is 82.0 Å². The molecular weight excluding hydrogens is 424 g/mol. The predicted octanol–water partition coefficient (Wildman–Crippen LogP) is 3.24. The fraction of sp³-hybridized carbons (Fsp3) is 0.417. The SMILES string of the molecule is CCc1ccc(S(=O)(=O)N2CCC(c3nn(Cc4ccccc4)c(=O)n3CC)CC2)cc1. The summed E-state index contributed by atoms with van der Waals surface area (Å²) in [6, 6.07) is 16.9. The molecule has 0 saturated carbocycles. The van der Waals surface area contributed by atoms with Crippen molar-refractivity contribution < 1.29 is 8.42 Å². The van der Waals surface area contributed by atoms with Gasteiger partial charge in [-0.25, -0.2) is 17.9 Å². The predicted molar refractivity (Wildman–Crippen MR) is 124 cm³/mol. The molecule has 0 atom stereocenters. The van der Waals surface area contributed by atoms with Gasteiger partial charge in [0.2, 0.25) is 10.0 Å². The highest BCUT2D eigenvalue weighted by molar-refractivity contribution is 7.89. The zero-order valence-corrected chi connectivity index (χ0v) is 19.5. The minimum Gasteiger partial charge on any atom is -0.279 e. The first kappa shape index (κ1) is 22.5. The molecular formula is C24H30N4O3S. The minimum atomic E-state index is -3.51. The summed E-state index contributed by atoms with van der Waals surface area (Å²) in [6.45, 7) is 5.81. The van der Waals surface area contributed by atoms with Gasteiger partial charge in [0, 0.05) is 25.6 Å². The van der Waals surface area contributed by atoms with Gasteiger partial charge in [-0.2, -0.15) is 9.40 Å². The lowest BCUT2D eigenvalue weighted by molar-refractivity contribution is 0.308. The number of aromatic nitrogens is 3. The van der Waals surface area contributed by atoms with Crippen LogP contribution in [-0.2, 0) is 29.5 Å². The normalized spacial score (nSPS) is 15.8. The van der Waals surface area contributed by atoms with E-state index < -0.39 is 10.0 Å². The molecule has 2 aromatic carbocycles. The van der Waals surface area contributed by atoms with Crippen LogP contribution in [0.15, 0.2) is 64.3 Å². The van der Waals surface area contributed by atoms with Gasteiger partial charge < -0.3 is 0 Å². The Kier molecular flexibility index (Phi) is 6.62. The van der Waals surface area contributed by atoms with Crippen LogP contribution >= 0.6 is 0 Å². The number of benzene rings is 2. The Morgan fingerprint density at radius 1 is 0.938 bits per heavy atom. The fourth-order valence-electron chi connectivity index (χ4n) is 4.32. The molecule has 7 nitrogen and oxygen atoms in total. The molecule has 0 spiro atoms. The molecule has 32 heavy (non-hydrogen) atoms. The molecule has 0 N–H and O–H groups in total. The van der Waals surface area contributed by atoms with E-state index in [1.54, 1.807) is 21.0 Å². The number of piperidine rings is 1. The van der Waals surface area contributed by atoms with Gasteiger partial charge in [-0.05, 0) is 49.4 Å². The van der Waals surface area contributed by atoms with Crippen molar-refractivity contribution in [3.8, 4) is 0 Å². The highest BCUT2D eigenvalue weighted by atomic mass is 32.2.